The second-order valence-electron chi connectivity index (χ2n) is 44.3. The number of unbranched alkanes of at least 4 members (excludes halogenated alkanes) is 1. The summed E-state index contributed by atoms with van der Waals surface area (Å²) in [6.07, 6.45) is 9.35. The molecule has 1 saturated heterocycles. The number of carboxylic acids is 1. The van der Waals surface area contributed by atoms with Crippen LogP contribution in [0.5, 0.6) is 0 Å². The second kappa shape index (κ2) is 56.3. The second-order valence-corrected chi connectivity index (χ2v) is 44.3. The molecule has 5 N–H and O–H groups in total. The number of aliphatic carboxylic acids is 1. The van der Waals surface area contributed by atoms with E-state index in [-0.39, 0.29) is 171 Å². The van der Waals surface area contributed by atoms with E-state index in [0.29, 0.717) is 74.6 Å². The Labute approximate surface area is 825 Å². The van der Waals surface area contributed by atoms with Gasteiger partial charge in [0.1, 0.15) is 50.9 Å². The highest BCUT2D eigenvalue weighted by Gasteiger charge is 2.43. The summed E-state index contributed by atoms with van der Waals surface area (Å²) in [5.41, 5.74) is -3.52. The first-order chi connectivity index (χ1) is 64.3. The van der Waals surface area contributed by atoms with Crippen molar-refractivity contribution in [3.8, 4) is 0 Å². The molecule has 7 atom stereocenters. The summed E-state index contributed by atoms with van der Waals surface area (Å²) in [5.74, 6) is -7.45. The minimum absolute atomic E-state index is 0.0194. The maximum Gasteiger partial charge on any atom is 0.333 e. The molecule has 5 rings (SSSR count). The molecule has 5 amide bonds. The first kappa shape index (κ1) is 122. The van der Waals surface area contributed by atoms with E-state index >= 15 is 0 Å². The molecule has 2 aliphatic carbocycles. The van der Waals surface area contributed by atoms with Gasteiger partial charge in [0, 0.05) is 106 Å². The highest BCUT2D eigenvalue weighted by Crippen LogP contribution is 2.34. The number of benzene rings is 2. The number of nitrogens with one attached hydrogen (secondary N) is 4. The number of rotatable bonds is 50. The lowest BCUT2D eigenvalue weighted by molar-refractivity contribution is -0.197. The third-order valence-corrected chi connectivity index (χ3v) is 22.1. The predicted molar refractivity (Wildman–Crippen MR) is 527 cm³/mol. The maximum atomic E-state index is 13.9. The molecule has 0 spiro atoms. The smallest absolute Gasteiger partial charge is 0.333 e. The predicted octanol–water partition coefficient (Wildman–Crippen LogP) is 12.2. The quantitative estimate of drug-likeness (QED) is 0.0178. The van der Waals surface area contributed by atoms with Gasteiger partial charge in [0.15, 0.2) is 0 Å². The van der Waals surface area contributed by atoms with Crippen LogP contribution in [-0.2, 0) is 127 Å². The highest BCUT2D eigenvalue weighted by molar-refractivity contribution is 6.01. The number of imide groups is 1. The molecule has 3 fully saturated rings. The number of likely N-dealkylation sites (N-methyl/N-ethyl adjacent to an activating group) is 3. The first-order valence-electron chi connectivity index (χ1n) is 49.5. The van der Waals surface area contributed by atoms with E-state index < -0.39 is 123 Å². The van der Waals surface area contributed by atoms with Gasteiger partial charge in [-0.3, -0.25) is 96.5 Å². The standard InChI is InChI=1S/C53H90N6O12.C50H79N5O13/c1-15-57(33-45(62)68-50(2,3)4)41-22-16-17-23-42(41)59(36-48(65)71-53(11,12)13)32-39(58(34-46(63)69-51(5,6)7)35-47(64)70-52(8,9)10)31-37-26-28-38(29-27-37)56-44(61)25-20-24-43(60)55-30-19-18-21-40(54-14)49(66)67;1-14-52(30-43(60)64-47(2,3)4)37-18-15-16-19-38(37)54(33-46(63)67-50(11,12)13)29-36(53(31-44(61)65-48(5,6)7)32-45(62)66-49(8,9)10)28-34-22-24-35(25-23-34)51-39(56)20-17-21-42(59)68-55-40(57)26-27-41(55)58/h26-29,39-42,54H,15-25,30-36H2,1-14H3,(H,55,60)(H,56,61)(H,66,67);22-25,36-38H,14-21,26-33H2,1-13H3,(H,51,56)/t39-,40?,41+,42+;36-,37+,38+/m11/s1. The van der Waals surface area contributed by atoms with Gasteiger partial charge in [0.25, 0.3) is 11.8 Å². The number of carbonyl (C=O) groups is 15. The Kier molecular flexibility index (Phi) is 49.3. The molecule has 786 valence electrons. The van der Waals surface area contributed by atoms with E-state index in [2.05, 4.69) is 40.9 Å². The molecule has 0 aromatic heterocycles. The van der Waals surface area contributed by atoms with E-state index in [1.165, 1.54) is 0 Å². The SMILES string of the molecule is CCN(CC(=O)OC(C)(C)C)[C@H]1CCCC[C@@H]1N(CC(=O)OC(C)(C)C)C[C@@H](Cc1ccc(NC(=O)CCCC(=O)NCCCCC(NC)C(=O)O)cc1)N(CC(=O)OC(C)(C)C)CC(=O)OC(C)(C)C.CCN(CC(=O)OC(C)(C)C)[C@H]1CCCC[C@@H]1N(CC(=O)OC(C)(C)C)C[C@@H](Cc1ccc(NC(=O)CCCC(=O)ON2C(=O)CCC2=O)cc1)N(CC(=O)OC(C)(C)C)CC(=O)OC(C)(C)C. The Balaban J connectivity index is 0.000000581. The highest BCUT2D eigenvalue weighted by atomic mass is 16.7. The Bertz CT molecular complexity index is 4240. The fourth-order valence-electron chi connectivity index (χ4n) is 16.8. The monoisotopic (exact) mass is 1960 g/mol. The number of nitrogens with zero attached hydrogens (tertiary/aromatic N) is 7. The summed E-state index contributed by atoms with van der Waals surface area (Å²) in [4.78, 5) is 211. The molecule has 1 unspecified atom stereocenters. The average molecular weight is 1960 g/mol. The van der Waals surface area contributed by atoms with Crippen molar-refractivity contribution >= 4 is 101 Å². The van der Waals surface area contributed by atoms with Crippen molar-refractivity contribution in [1.29, 1.82) is 0 Å². The van der Waals surface area contributed by atoms with Gasteiger partial charge in [-0.15, -0.1) is 5.06 Å². The fraction of sp³-hybridized carbons (Fsp3) is 0.738. The van der Waals surface area contributed by atoms with Gasteiger partial charge in [-0.2, -0.15) is 0 Å². The molecule has 0 bridgehead atoms. The largest absolute Gasteiger partial charge is 0.480 e. The number of esters is 8. The van der Waals surface area contributed by atoms with Crippen molar-refractivity contribution in [3.63, 3.8) is 0 Å². The maximum absolute atomic E-state index is 13.9. The number of carboxylic acid groups (broad SMARTS) is 1. The molecule has 36 nitrogen and oxygen atoms in total. The summed E-state index contributed by atoms with van der Waals surface area (Å²) < 4.78 is 46.5. The number of amides is 5. The van der Waals surface area contributed by atoms with Crippen LogP contribution in [0.15, 0.2) is 48.5 Å². The van der Waals surface area contributed by atoms with Crippen LogP contribution in [0.25, 0.3) is 0 Å². The molecule has 36 heteroatoms. The van der Waals surface area contributed by atoms with Crippen molar-refractivity contribution < 1.29 is 120 Å². The van der Waals surface area contributed by atoms with E-state index in [1.54, 1.807) is 145 Å². The van der Waals surface area contributed by atoms with Gasteiger partial charge >= 0.3 is 59.7 Å². The van der Waals surface area contributed by atoms with Gasteiger partial charge in [-0.25, -0.2) is 4.79 Å². The molecule has 1 aliphatic heterocycles. The molecule has 0 radical (unpaired) electrons. The Hall–Kier alpha value is -9.59. The molecule has 2 aromatic carbocycles. The zero-order valence-electron chi connectivity index (χ0n) is 88.6. The Morgan fingerprint density at radius 1 is 0.367 bits per heavy atom. The van der Waals surface area contributed by atoms with Gasteiger partial charge in [-0.1, -0.05) is 63.8 Å². The first-order valence-corrected chi connectivity index (χ1v) is 49.5. The number of carbonyl (C=O) groups excluding carboxylic acids is 14. The van der Waals surface area contributed by atoms with Crippen LogP contribution in [0.4, 0.5) is 11.4 Å². The summed E-state index contributed by atoms with van der Waals surface area (Å²) >= 11 is 0. The van der Waals surface area contributed by atoms with Crippen LogP contribution in [-0.4, -0.2) is 308 Å². The minimum atomic E-state index is -0.909. The molecular weight excluding hydrogens is 1790 g/mol. The number of hydrogen-bond acceptors (Lipinski definition) is 31. The van der Waals surface area contributed by atoms with E-state index in [9.17, 15) is 77.0 Å². The fourth-order valence-corrected chi connectivity index (χ4v) is 16.8. The van der Waals surface area contributed by atoms with Gasteiger partial charge in [0.2, 0.25) is 17.7 Å². The van der Waals surface area contributed by atoms with Crippen molar-refractivity contribution in [2.24, 2.45) is 0 Å². The third kappa shape index (κ3) is 51.6. The van der Waals surface area contributed by atoms with Crippen LogP contribution >= 0.6 is 0 Å². The average Bonchev–Trinajstić information content (AvgIpc) is 1.58. The number of hydroxylamine groups is 2. The summed E-state index contributed by atoms with van der Waals surface area (Å²) in [6, 6.07) is 11.8. The van der Waals surface area contributed by atoms with Crippen molar-refractivity contribution in [2.75, 3.05) is 103 Å². The summed E-state index contributed by atoms with van der Waals surface area (Å²) in [5, 5.41) is 21.0. The zero-order chi connectivity index (χ0) is 105. The lowest BCUT2D eigenvalue weighted by atomic mass is 9.87. The van der Waals surface area contributed by atoms with Crippen LogP contribution in [0.2, 0.25) is 0 Å². The molecular formula is C103H169N11O25. The van der Waals surface area contributed by atoms with Crippen molar-refractivity contribution in [3.05, 3.63) is 59.7 Å². The minimum Gasteiger partial charge on any atom is -0.480 e. The van der Waals surface area contributed by atoms with Crippen LogP contribution in [0.1, 0.15) is 313 Å². The summed E-state index contributed by atoms with van der Waals surface area (Å²) in [7, 11) is 1.60. The van der Waals surface area contributed by atoms with Crippen molar-refractivity contribution in [1.82, 2.24) is 45.1 Å². The van der Waals surface area contributed by atoms with Gasteiger partial charge in [-0.05, 0) is 292 Å². The van der Waals surface area contributed by atoms with E-state index in [4.69, 9.17) is 42.7 Å². The van der Waals surface area contributed by atoms with Crippen LogP contribution < -0.4 is 21.3 Å². The zero-order valence-corrected chi connectivity index (χ0v) is 88.6. The molecule has 2 saturated carbocycles. The van der Waals surface area contributed by atoms with E-state index in [1.807, 2.05) is 100 Å². The lowest BCUT2D eigenvalue weighted by Crippen LogP contribution is -2.59. The summed E-state index contributed by atoms with van der Waals surface area (Å²) in [6.45, 7) is 47.8. The lowest BCUT2D eigenvalue weighted by Gasteiger charge is -2.46. The van der Waals surface area contributed by atoms with Gasteiger partial charge < -0.3 is 69.1 Å². The van der Waals surface area contributed by atoms with Gasteiger partial charge in [0.05, 0.1) is 52.4 Å². The number of anilines is 2. The Morgan fingerprint density at radius 2 is 0.640 bits per heavy atom. The van der Waals surface area contributed by atoms with Crippen LogP contribution in [0.3, 0.4) is 0 Å². The number of hydrogen-bond donors (Lipinski definition) is 5. The Morgan fingerprint density at radius 3 is 0.921 bits per heavy atom. The van der Waals surface area contributed by atoms with E-state index in [0.717, 1.165) is 56.1 Å². The van der Waals surface area contributed by atoms with Crippen LogP contribution in [0, 0.1) is 0 Å². The molecule has 139 heavy (non-hydrogen) atoms. The van der Waals surface area contributed by atoms with Crippen molar-refractivity contribution in [2.45, 2.75) is 402 Å². The third-order valence-electron chi connectivity index (χ3n) is 22.1. The topological polar surface area (TPSA) is 430 Å². The molecule has 1 heterocycles. The molecule has 3 aliphatic rings. The molecule has 2 aromatic rings. The number of ether oxygens (including phenoxy) is 8. The normalized spacial score (nSPS) is 17.0.